The van der Waals surface area contributed by atoms with Crippen LogP contribution in [0.5, 0.6) is 0 Å². The van der Waals surface area contributed by atoms with Crippen molar-refractivity contribution in [1.82, 2.24) is 5.43 Å². The molecule has 1 rings (SSSR count). The molecule has 0 unspecified atom stereocenters. The lowest BCUT2D eigenvalue weighted by atomic mass is 10.3. The van der Waals surface area contributed by atoms with E-state index in [2.05, 4.69) is 22.1 Å². The molecule has 0 aromatic heterocycles. The average molecular weight is 239 g/mol. The molecule has 16 heavy (non-hydrogen) atoms. The first-order valence-electron chi connectivity index (χ1n) is 4.37. The molecule has 0 aliphatic heterocycles. The molecule has 0 aliphatic rings. The van der Waals surface area contributed by atoms with Gasteiger partial charge in [0.05, 0.1) is 0 Å². The predicted octanol–water partition coefficient (Wildman–Crippen LogP) is 1.28. The molecule has 0 atom stereocenters. The Labute approximate surface area is 97.5 Å². The number of halogens is 1. The first-order valence-corrected chi connectivity index (χ1v) is 4.74. The number of anilines is 1. The molecular formula is C10H9ClN3O2. The van der Waals surface area contributed by atoms with Crippen molar-refractivity contribution < 1.29 is 9.59 Å². The standard InChI is InChI=1S/C10H9ClN3O2/c1-7(15)14-12-6-10(16)13-9-4-2-8(11)3-5-9/h2-5H,1H3,(H,13,16)(H,14,15). The van der Waals surface area contributed by atoms with E-state index in [9.17, 15) is 9.59 Å². The van der Waals surface area contributed by atoms with Crippen LogP contribution in [0.25, 0.3) is 0 Å². The minimum atomic E-state index is -0.559. The summed E-state index contributed by atoms with van der Waals surface area (Å²) in [6, 6.07) is 6.56. The van der Waals surface area contributed by atoms with Gasteiger partial charge >= 0.3 is 0 Å². The second-order valence-electron chi connectivity index (χ2n) is 2.85. The molecule has 0 aliphatic carbocycles. The minimum Gasteiger partial charge on any atom is -0.321 e. The molecule has 1 aromatic carbocycles. The van der Waals surface area contributed by atoms with Crippen LogP contribution in [0, 0.1) is 0 Å². The molecule has 0 fully saturated rings. The molecular weight excluding hydrogens is 230 g/mol. The van der Waals surface area contributed by atoms with E-state index >= 15 is 0 Å². The highest BCUT2D eigenvalue weighted by Crippen LogP contribution is 2.12. The Morgan fingerprint density at radius 2 is 1.94 bits per heavy atom. The predicted molar refractivity (Wildman–Crippen MR) is 61.3 cm³/mol. The normalized spacial score (nSPS) is 10.1. The molecule has 2 amide bonds. The Hall–Kier alpha value is -1.88. The van der Waals surface area contributed by atoms with Gasteiger partial charge < -0.3 is 5.32 Å². The fourth-order valence-electron chi connectivity index (χ4n) is 0.850. The highest BCUT2D eigenvalue weighted by Gasteiger charge is 1.99. The summed E-state index contributed by atoms with van der Waals surface area (Å²) in [6.07, 6.45) is 2.09. The number of nitrogens with one attached hydrogen (secondary N) is 2. The monoisotopic (exact) mass is 238 g/mol. The summed E-state index contributed by atoms with van der Waals surface area (Å²) in [5, 5.41) is 6.36. The van der Waals surface area contributed by atoms with E-state index in [1.165, 1.54) is 6.92 Å². The first-order chi connectivity index (χ1) is 7.58. The number of hydrazone groups is 1. The number of hydrogen-bond acceptors (Lipinski definition) is 3. The number of carbonyl (C=O) groups excluding carboxylic acids is 2. The summed E-state index contributed by atoms with van der Waals surface area (Å²) < 4.78 is 0. The third kappa shape index (κ3) is 4.56. The number of carbonyl (C=O) groups is 2. The molecule has 83 valence electrons. The van der Waals surface area contributed by atoms with Crippen LogP contribution in [0.15, 0.2) is 29.4 Å². The van der Waals surface area contributed by atoms with Crippen LogP contribution >= 0.6 is 11.6 Å². The Bertz CT molecular complexity index is 415. The Balaban J connectivity index is 2.48. The highest BCUT2D eigenvalue weighted by atomic mass is 35.5. The zero-order valence-electron chi connectivity index (χ0n) is 8.45. The van der Waals surface area contributed by atoms with Crippen LogP contribution in [0.3, 0.4) is 0 Å². The van der Waals surface area contributed by atoms with Crippen molar-refractivity contribution in [3.63, 3.8) is 0 Å². The van der Waals surface area contributed by atoms with Crippen molar-refractivity contribution in [1.29, 1.82) is 0 Å². The van der Waals surface area contributed by atoms with Crippen molar-refractivity contribution in [3.05, 3.63) is 29.3 Å². The SMILES string of the molecule is CC(=O)NN=[C]C(=O)Nc1ccc(Cl)cc1. The van der Waals surface area contributed by atoms with Gasteiger partial charge in [-0.05, 0) is 24.3 Å². The molecule has 2 N–H and O–H groups in total. The van der Waals surface area contributed by atoms with Gasteiger partial charge in [-0.15, -0.1) is 0 Å². The van der Waals surface area contributed by atoms with Crippen LogP contribution in [0.2, 0.25) is 5.02 Å². The molecule has 1 radical (unpaired) electrons. The van der Waals surface area contributed by atoms with Gasteiger partial charge in [0.2, 0.25) is 5.91 Å². The number of hydrogen-bond donors (Lipinski definition) is 2. The van der Waals surface area contributed by atoms with Crippen LogP contribution < -0.4 is 10.7 Å². The smallest absolute Gasteiger partial charge is 0.278 e. The Kier molecular flexibility index (Phi) is 4.47. The zero-order valence-corrected chi connectivity index (χ0v) is 9.21. The van der Waals surface area contributed by atoms with Gasteiger partial charge in [0.25, 0.3) is 5.91 Å². The lowest BCUT2D eigenvalue weighted by Crippen LogP contribution is -2.18. The maximum Gasteiger partial charge on any atom is 0.278 e. The van der Waals surface area contributed by atoms with Gasteiger partial charge in [-0.2, -0.15) is 5.10 Å². The summed E-state index contributed by atoms with van der Waals surface area (Å²) in [6.45, 7) is 1.28. The van der Waals surface area contributed by atoms with Gasteiger partial charge in [0.1, 0.15) is 0 Å². The molecule has 1 aromatic rings. The fourth-order valence-corrected chi connectivity index (χ4v) is 0.976. The van der Waals surface area contributed by atoms with Crippen LogP contribution in [-0.4, -0.2) is 18.0 Å². The summed E-state index contributed by atoms with van der Waals surface area (Å²) in [5.41, 5.74) is 2.63. The topological polar surface area (TPSA) is 70.6 Å². The van der Waals surface area contributed by atoms with Crippen molar-refractivity contribution in [3.8, 4) is 0 Å². The summed E-state index contributed by atoms with van der Waals surface area (Å²) in [4.78, 5) is 21.6. The molecule has 0 spiro atoms. The van der Waals surface area contributed by atoms with Crippen molar-refractivity contribution in [2.24, 2.45) is 5.10 Å². The Morgan fingerprint density at radius 3 is 2.50 bits per heavy atom. The zero-order chi connectivity index (χ0) is 12.0. The van der Waals surface area contributed by atoms with E-state index in [4.69, 9.17) is 11.6 Å². The third-order valence-corrected chi connectivity index (χ3v) is 1.72. The van der Waals surface area contributed by atoms with Crippen LogP contribution in [0.4, 0.5) is 5.69 Å². The van der Waals surface area contributed by atoms with E-state index in [0.717, 1.165) is 0 Å². The third-order valence-electron chi connectivity index (χ3n) is 1.47. The number of rotatable bonds is 3. The Morgan fingerprint density at radius 1 is 1.31 bits per heavy atom. The molecule has 5 nitrogen and oxygen atoms in total. The van der Waals surface area contributed by atoms with E-state index in [-0.39, 0.29) is 5.91 Å². The lowest BCUT2D eigenvalue weighted by molar-refractivity contribution is -0.118. The van der Waals surface area contributed by atoms with Crippen molar-refractivity contribution >= 4 is 35.3 Å². The first kappa shape index (κ1) is 12.2. The van der Waals surface area contributed by atoms with E-state index < -0.39 is 5.91 Å². The largest absolute Gasteiger partial charge is 0.321 e. The average Bonchev–Trinajstić information content (AvgIpc) is 2.21. The van der Waals surface area contributed by atoms with Gasteiger partial charge in [-0.3, -0.25) is 9.59 Å². The van der Waals surface area contributed by atoms with Gasteiger partial charge in [0.15, 0.2) is 6.21 Å². The van der Waals surface area contributed by atoms with Gasteiger partial charge in [-0.25, -0.2) is 5.43 Å². The minimum absolute atomic E-state index is 0.369. The van der Waals surface area contributed by atoms with E-state index in [0.29, 0.717) is 10.7 Å². The summed E-state index contributed by atoms with van der Waals surface area (Å²) in [7, 11) is 0. The number of benzene rings is 1. The molecule has 6 heteroatoms. The van der Waals surface area contributed by atoms with Crippen LogP contribution in [0.1, 0.15) is 6.92 Å². The molecule has 0 bridgehead atoms. The highest BCUT2D eigenvalue weighted by molar-refractivity contribution is 6.32. The van der Waals surface area contributed by atoms with Gasteiger partial charge in [-0.1, -0.05) is 11.6 Å². The number of amides is 2. The fraction of sp³-hybridized carbons (Fsp3) is 0.100. The second-order valence-corrected chi connectivity index (χ2v) is 3.29. The van der Waals surface area contributed by atoms with Crippen LogP contribution in [-0.2, 0) is 9.59 Å². The number of nitrogens with zero attached hydrogens (tertiary/aromatic N) is 1. The molecule has 0 saturated carbocycles. The van der Waals surface area contributed by atoms with E-state index in [1.807, 2.05) is 0 Å². The van der Waals surface area contributed by atoms with Crippen molar-refractivity contribution in [2.45, 2.75) is 6.92 Å². The van der Waals surface area contributed by atoms with E-state index in [1.54, 1.807) is 24.3 Å². The van der Waals surface area contributed by atoms with Gasteiger partial charge in [0, 0.05) is 17.6 Å². The summed E-state index contributed by atoms with van der Waals surface area (Å²) >= 11 is 5.67. The second kappa shape index (κ2) is 5.87. The maximum absolute atomic E-state index is 11.2. The maximum atomic E-state index is 11.2. The summed E-state index contributed by atoms with van der Waals surface area (Å²) in [5.74, 6) is -0.928. The quantitative estimate of drug-likeness (QED) is 0.615. The molecule has 0 saturated heterocycles. The lowest BCUT2D eigenvalue weighted by Gasteiger charge is -2.00. The molecule has 0 heterocycles. The van der Waals surface area contributed by atoms with Crippen molar-refractivity contribution in [2.75, 3.05) is 5.32 Å².